The zero-order valence-corrected chi connectivity index (χ0v) is 18.3. The average Bonchev–Trinajstić information content (AvgIpc) is 3.24. The van der Waals surface area contributed by atoms with Crippen molar-refractivity contribution in [1.82, 2.24) is 4.98 Å². The lowest BCUT2D eigenvalue weighted by molar-refractivity contribution is -0.147. The van der Waals surface area contributed by atoms with Gasteiger partial charge in [0.05, 0.1) is 19.9 Å². The molecule has 162 valence electrons. The molecule has 3 rings (SSSR count). The van der Waals surface area contributed by atoms with Crippen molar-refractivity contribution in [3.05, 3.63) is 23.6 Å². The molecule has 0 atom stereocenters. The molecule has 1 aromatic carbocycles. The lowest BCUT2D eigenvalue weighted by Crippen LogP contribution is -2.21. The molecule has 8 heteroatoms. The minimum absolute atomic E-state index is 0.297. The van der Waals surface area contributed by atoms with Crippen LogP contribution >= 0.6 is 11.3 Å². The summed E-state index contributed by atoms with van der Waals surface area (Å²) in [4.78, 5) is 28.4. The first kappa shape index (κ1) is 22.1. The van der Waals surface area contributed by atoms with E-state index in [1.807, 2.05) is 17.5 Å². The number of rotatable bonds is 9. The monoisotopic (exact) mass is 432 g/mol. The third-order valence-corrected chi connectivity index (χ3v) is 6.03. The second kappa shape index (κ2) is 11.0. The van der Waals surface area contributed by atoms with E-state index in [0.717, 1.165) is 12.0 Å². The Morgan fingerprint density at radius 3 is 2.63 bits per heavy atom. The van der Waals surface area contributed by atoms with Gasteiger partial charge >= 0.3 is 5.97 Å². The van der Waals surface area contributed by atoms with Gasteiger partial charge in [0.1, 0.15) is 0 Å². The molecule has 1 saturated carbocycles. The van der Waals surface area contributed by atoms with E-state index in [4.69, 9.17) is 14.2 Å². The summed E-state index contributed by atoms with van der Waals surface area (Å²) in [5.74, 6) is 1.14. The van der Waals surface area contributed by atoms with Gasteiger partial charge in [-0.1, -0.05) is 32.1 Å². The molecular formula is C22H28N2O5S. The summed E-state index contributed by atoms with van der Waals surface area (Å²) >= 11 is 1.30. The Bertz CT molecular complexity index is 861. The number of amides is 1. The maximum atomic E-state index is 12.1. The van der Waals surface area contributed by atoms with E-state index in [-0.39, 0.29) is 12.6 Å². The first-order chi connectivity index (χ1) is 14.6. The van der Waals surface area contributed by atoms with Gasteiger partial charge in [-0.25, -0.2) is 4.98 Å². The summed E-state index contributed by atoms with van der Waals surface area (Å²) in [5.41, 5.74) is 1.55. The zero-order chi connectivity index (χ0) is 21.3. The summed E-state index contributed by atoms with van der Waals surface area (Å²) in [6.07, 6.45) is 7.41. The lowest BCUT2D eigenvalue weighted by Gasteiger charge is -2.20. The molecule has 1 heterocycles. The highest BCUT2D eigenvalue weighted by molar-refractivity contribution is 7.14. The molecule has 2 aromatic rings. The Hall–Kier alpha value is -2.61. The minimum atomic E-state index is -0.394. The fraction of sp³-hybridized carbons (Fsp3) is 0.500. The van der Waals surface area contributed by atoms with Gasteiger partial charge in [0, 0.05) is 17.4 Å². The second-order valence-corrected chi connectivity index (χ2v) is 8.22. The van der Waals surface area contributed by atoms with E-state index < -0.39 is 5.91 Å². The number of benzene rings is 1. The molecule has 0 saturated heterocycles. The van der Waals surface area contributed by atoms with Crippen molar-refractivity contribution in [1.29, 1.82) is 0 Å². The van der Waals surface area contributed by atoms with Gasteiger partial charge in [0.25, 0.3) is 5.91 Å². The zero-order valence-electron chi connectivity index (χ0n) is 17.4. The highest BCUT2D eigenvalue weighted by atomic mass is 32.1. The third-order valence-electron chi connectivity index (χ3n) is 5.28. The number of hydrogen-bond donors (Lipinski definition) is 1. The first-order valence-electron chi connectivity index (χ1n) is 10.2. The molecule has 1 aromatic heterocycles. The van der Waals surface area contributed by atoms with Gasteiger partial charge in [0.2, 0.25) is 0 Å². The maximum absolute atomic E-state index is 12.1. The van der Waals surface area contributed by atoms with E-state index in [9.17, 15) is 9.59 Å². The van der Waals surface area contributed by atoms with Gasteiger partial charge in [0.15, 0.2) is 23.2 Å². The molecule has 1 aliphatic rings. The molecule has 1 N–H and O–H groups in total. The number of nitrogens with zero attached hydrogens (tertiary/aromatic N) is 1. The van der Waals surface area contributed by atoms with Crippen LogP contribution in [0.15, 0.2) is 23.6 Å². The van der Waals surface area contributed by atoms with Crippen LogP contribution in [0, 0.1) is 5.92 Å². The normalized spacial score (nSPS) is 14.2. The van der Waals surface area contributed by atoms with Crippen LogP contribution in [0.2, 0.25) is 0 Å². The van der Waals surface area contributed by atoms with E-state index in [0.29, 0.717) is 34.7 Å². The smallest absolute Gasteiger partial charge is 0.306 e. The molecule has 30 heavy (non-hydrogen) atoms. The van der Waals surface area contributed by atoms with Crippen molar-refractivity contribution in [2.45, 2.75) is 44.9 Å². The molecule has 0 bridgehead atoms. The summed E-state index contributed by atoms with van der Waals surface area (Å²) in [6.45, 7) is -0.297. The van der Waals surface area contributed by atoms with Gasteiger partial charge < -0.3 is 14.2 Å². The largest absolute Gasteiger partial charge is 0.493 e. The molecule has 1 aliphatic carbocycles. The van der Waals surface area contributed by atoms with Crippen LogP contribution in [0.25, 0.3) is 11.3 Å². The molecule has 1 amide bonds. The number of carbonyl (C=O) groups excluding carboxylic acids is 2. The Morgan fingerprint density at radius 1 is 1.13 bits per heavy atom. The summed E-state index contributed by atoms with van der Waals surface area (Å²) in [7, 11) is 3.15. The summed E-state index contributed by atoms with van der Waals surface area (Å²) < 4.78 is 15.7. The van der Waals surface area contributed by atoms with Crippen LogP contribution < -0.4 is 14.8 Å². The van der Waals surface area contributed by atoms with E-state index in [1.165, 1.54) is 43.4 Å². The second-order valence-electron chi connectivity index (χ2n) is 7.36. The number of anilines is 1. The average molecular weight is 433 g/mol. The molecule has 0 unspecified atom stereocenters. The molecule has 0 aliphatic heterocycles. The SMILES string of the molecule is COc1ccc(-c2csc(NC(=O)COC(=O)CCC3CCCCC3)n2)cc1OC. The van der Waals surface area contributed by atoms with Crippen molar-refractivity contribution in [3.63, 3.8) is 0 Å². The number of ether oxygens (including phenoxy) is 3. The van der Waals surface area contributed by atoms with Crippen molar-refractivity contribution in [3.8, 4) is 22.8 Å². The summed E-state index contributed by atoms with van der Waals surface area (Å²) in [6, 6.07) is 5.50. The van der Waals surface area contributed by atoms with E-state index >= 15 is 0 Å². The lowest BCUT2D eigenvalue weighted by atomic mass is 9.86. The van der Waals surface area contributed by atoms with Gasteiger partial charge in [-0.15, -0.1) is 11.3 Å². The molecular weight excluding hydrogens is 404 g/mol. The topological polar surface area (TPSA) is 86.8 Å². The first-order valence-corrected chi connectivity index (χ1v) is 11.1. The Balaban J connectivity index is 1.46. The number of nitrogens with one attached hydrogen (secondary N) is 1. The van der Waals surface area contributed by atoms with Crippen molar-refractivity contribution in [2.24, 2.45) is 5.92 Å². The maximum Gasteiger partial charge on any atom is 0.306 e. The molecule has 0 radical (unpaired) electrons. The van der Waals surface area contributed by atoms with Crippen LogP contribution in [0.4, 0.5) is 5.13 Å². The fourth-order valence-electron chi connectivity index (χ4n) is 3.63. The van der Waals surface area contributed by atoms with E-state index in [1.54, 1.807) is 20.3 Å². The minimum Gasteiger partial charge on any atom is -0.493 e. The molecule has 7 nitrogen and oxygen atoms in total. The van der Waals surface area contributed by atoms with E-state index in [2.05, 4.69) is 10.3 Å². The predicted molar refractivity (Wildman–Crippen MR) is 116 cm³/mol. The number of aromatic nitrogens is 1. The van der Waals surface area contributed by atoms with Crippen LogP contribution in [0.1, 0.15) is 44.9 Å². The van der Waals surface area contributed by atoms with Crippen molar-refractivity contribution >= 4 is 28.3 Å². The summed E-state index contributed by atoms with van der Waals surface area (Å²) in [5, 5.41) is 4.97. The van der Waals surface area contributed by atoms with Crippen LogP contribution in [-0.4, -0.2) is 37.7 Å². The fourth-order valence-corrected chi connectivity index (χ4v) is 4.37. The van der Waals surface area contributed by atoms with Gasteiger partial charge in [-0.05, 0) is 30.5 Å². The number of esters is 1. The van der Waals surface area contributed by atoms with Gasteiger partial charge in [-0.3, -0.25) is 14.9 Å². The van der Waals surface area contributed by atoms with Crippen molar-refractivity contribution in [2.75, 3.05) is 26.1 Å². The standard InChI is InChI=1S/C22H28N2O5S/c1-27-18-10-9-16(12-19(18)28-2)17-14-30-22(23-17)24-20(25)13-29-21(26)11-8-15-6-4-3-5-7-15/h9-10,12,14-15H,3-8,11,13H2,1-2H3,(H,23,24,25). The Morgan fingerprint density at radius 2 is 1.90 bits per heavy atom. The molecule has 0 spiro atoms. The van der Waals surface area contributed by atoms with Crippen molar-refractivity contribution < 1.29 is 23.8 Å². The van der Waals surface area contributed by atoms with Crippen LogP contribution in [0.5, 0.6) is 11.5 Å². The van der Waals surface area contributed by atoms with Gasteiger partial charge in [-0.2, -0.15) is 0 Å². The van der Waals surface area contributed by atoms with Crippen LogP contribution in [0.3, 0.4) is 0 Å². The number of methoxy groups -OCH3 is 2. The quantitative estimate of drug-likeness (QED) is 0.580. The number of hydrogen-bond acceptors (Lipinski definition) is 7. The molecule has 1 fully saturated rings. The third kappa shape index (κ3) is 6.19. The highest BCUT2D eigenvalue weighted by Gasteiger charge is 2.16. The Labute approximate surface area is 180 Å². The predicted octanol–water partition coefficient (Wildman–Crippen LogP) is 4.67. The number of carbonyl (C=O) groups is 2. The Kier molecular flexibility index (Phi) is 8.07. The van der Waals surface area contributed by atoms with Crippen LogP contribution in [-0.2, 0) is 14.3 Å². The number of thiazole rings is 1. The highest BCUT2D eigenvalue weighted by Crippen LogP contribution is 2.33.